The maximum atomic E-state index is 12.0. The molecule has 20 heteroatoms. The number of azo groups is 1. The zero-order chi connectivity index (χ0) is 31.2. The number of carbonyl (C=O) groups excluding carboxylic acids is 1. The summed E-state index contributed by atoms with van der Waals surface area (Å²) in [6.07, 6.45) is 3.69. The summed E-state index contributed by atoms with van der Waals surface area (Å²) < 4.78 is 68.8. The molecule has 236 valence electrons. The van der Waals surface area contributed by atoms with Gasteiger partial charge in [0.25, 0.3) is 0 Å². The molecule has 14 nitrogen and oxygen atoms in total. The van der Waals surface area contributed by atoms with Gasteiger partial charge in [-0.25, -0.2) is 21.5 Å². The van der Waals surface area contributed by atoms with E-state index in [0.717, 1.165) is 6.42 Å². The summed E-state index contributed by atoms with van der Waals surface area (Å²) in [6, 6.07) is 0.546. The second-order valence-corrected chi connectivity index (χ2v) is 15.0. The number of nitrogens with one attached hydrogen (secondary N) is 1. The van der Waals surface area contributed by atoms with E-state index in [-0.39, 0.29) is 151 Å². The summed E-state index contributed by atoms with van der Waals surface area (Å²) in [5.41, 5.74) is 0.104. The van der Waals surface area contributed by atoms with E-state index >= 15 is 0 Å². The van der Waals surface area contributed by atoms with Gasteiger partial charge in [-0.05, 0) is 58.0 Å². The van der Waals surface area contributed by atoms with Crippen LogP contribution in [0.4, 0.5) is 5.82 Å². The van der Waals surface area contributed by atoms with Crippen LogP contribution in [0.3, 0.4) is 0 Å². The van der Waals surface area contributed by atoms with Crippen molar-refractivity contribution in [2.75, 3.05) is 18.8 Å². The van der Waals surface area contributed by atoms with Crippen LogP contribution in [0.5, 0.6) is 0 Å². The fourth-order valence-electron chi connectivity index (χ4n) is 5.74. The molecule has 1 aromatic heterocycles. The Labute approximate surface area is 354 Å². The molecule has 2 aliphatic carbocycles. The third kappa shape index (κ3) is 12.7. The van der Waals surface area contributed by atoms with E-state index in [2.05, 4.69) is 25.5 Å². The van der Waals surface area contributed by atoms with Crippen LogP contribution in [0.25, 0.3) is 0 Å². The number of unbranched alkanes of at least 4 members (excludes halogenated alkanes) is 1. The largest absolute Gasteiger partial charge is 1.00 e. The van der Waals surface area contributed by atoms with Crippen molar-refractivity contribution >= 4 is 55.2 Å². The molecule has 5 atom stereocenters. The Morgan fingerprint density at radius 3 is 2.32 bits per heavy atom. The molecule has 1 amide bonds. The Morgan fingerprint density at radius 2 is 1.80 bits per heavy atom. The van der Waals surface area contributed by atoms with Crippen molar-refractivity contribution < 1.29 is 134 Å². The maximum absolute atomic E-state index is 12.0. The first-order valence-corrected chi connectivity index (χ1v) is 17.6. The van der Waals surface area contributed by atoms with Crippen LogP contribution in [0.15, 0.2) is 16.4 Å². The van der Waals surface area contributed by atoms with Crippen LogP contribution in [0.2, 0.25) is 0 Å². The predicted octanol–water partition coefficient (Wildman–Crippen LogP) is -3.62. The minimum Gasteiger partial charge on any atom is -0.748 e. The second-order valence-electron chi connectivity index (χ2n) is 10.7. The third-order valence-electron chi connectivity index (χ3n) is 7.79. The predicted molar refractivity (Wildman–Crippen MR) is 153 cm³/mol. The van der Waals surface area contributed by atoms with Crippen LogP contribution < -0.4 is 108 Å². The molecule has 2 fully saturated rings. The molecule has 3 rings (SSSR count). The summed E-state index contributed by atoms with van der Waals surface area (Å²) in [4.78, 5) is 14.2. The van der Waals surface area contributed by atoms with E-state index < -0.39 is 54.1 Å². The first-order valence-electron chi connectivity index (χ1n) is 13.7. The van der Waals surface area contributed by atoms with E-state index in [1.54, 1.807) is 0 Å². The van der Waals surface area contributed by atoms with E-state index in [1.807, 2.05) is 13.0 Å². The van der Waals surface area contributed by atoms with Crippen LogP contribution in [-0.4, -0.2) is 99.5 Å². The van der Waals surface area contributed by atoms with Gasteiger partial charge in [-0.1, -0.05) is 6.92 Å². The van der Waals surface area contributed by atoms with Gasteiger partial charge in [0.05, 0.1) is 60.6 Å². The van der Waals surface area contributed by atoms with Crippen molar-refractivity contribution in [2.24, 2.45) is 10.2 Å². The van der Waals surface area contributed by atoms with Gasteiger partial charge in [-0.2, -0.15) is 15.5 Å². The molecular formula is C24H35Cl2K2N7O7S2. The summed E-state index contributed by atoms with van der Waals surface area (Å²) in [7, 11) is -8.85. The first kappa shape index (κ1) is 43.4. The Balaban J connectivity index is 0.00000484. The number of halogens is 2. The number of alkyl halides is 2. The molecule has 5 unspecified atom stereocenters. The van der Waals surface area contributed by atoms with Crippen LogP contribution in [0, 0.1) is 11.3 Å². The molecule has 1 heterocycles. The molecule has 0 bridgehead atoms. The zero-order valence-electron chi connectivity index (χ0n) is 25.3. The maximum Gasteiger partial charge on any atom is 1.00 e. The zero-order valence-corrected chi connectivity index (χ0v) is 34.7. The van der Waals surface area contributed by atoms with Gasteiger partial charge >= 0.3 is 103 Å². The summed E-state index contributed by atoms with van der Waals surface area (Å²) in [5, 5.41) is 22.7. The van der Waals surface area contributed by atoms with Crippen molar-refractivity contribution in [1.82, 2.24) is 20.0 Å². The van der Waals surface area contributed by atoms with Crippen LogP contribution in [-0.2, 0) is 25.0 Å². The molecule has 0 aliphatic heterocycles. The van der Waals surface area contributed by atoms with E-state index in [9.17, 15) is 36.0 Å². The summed E-state index contributed by atoms with van der Waals surface area (Å²) >= 11 is 13.0. The van der Waals surface area contributed by atoms with Crippen molar-refractivity contribution in [3.05, 3.63) is 11.8 Å². The summed E-state index contributed by atoms with van der Waals surface area (Å²) in [6.45, 7) is 4.70. The molecule has 0 saturated heterocycles. The van der Waals surface area contributed by atoms with Gasteiger partial charge in [0.1, 0.15) is 11.6 Å². The molecular weight excluding hydrogens is 712 g/mol. The monoisotopic (exact) mass is 745 g/mol. The Kier molecular flexibility index (Phi) is 19.3. The molecule has 44 heavy (non-hydrogen) atoms. The van der Waals surface area contributed by atoms with Crippen molar-refractivity contribution in [1.29, 1.82) is 5.26 Å². The number of nitrogens with zero attached hydrogens (tertiary/aromatic N) is 6. The topological polar surface area (TPSA) is 213 Å². The Hall–Kier alpha value is 1.40. The van der Waals surface area contributed by atoms with Crippen molar-refractivity contribution in [3.63, 3.8) is 0 Å². The standard InChI is InChI=1S/C24H37Cl2N7O7S2.2K/c1-3-32(8-4-5-9-41(35,36)37)17-6-7-21(22(10-17)29-15(2)34)30-31-24-16(13-27)14-28-33(24)23-19(25)11-18(12-20(23)26)42(38,39)40;;/h14,17-23H,3-12H2,1-2H3,(H,29,34)(H,35,36,37)(H,38,39,40);;/q;2*+1/p-2. The Morgan fingerprint density at radius 1 is 1.16 bits per heavy atom. The molecule has 0 aromatic carbocycles. The van der Waals surface area contributed by atoms with Crippen LogP contribution in [0.1, 0.15) is 70.4 Å². The Bertz CT molecular complexity index is 1380. The van der Waals surface area contributed by atoms with Crippen molar-refractivity contribution in [2.45, 2.75) is 99.0 Å². The van der Waals surface area contributed by atoms with Gasteiger partial charge < -0.3 is 19.3 Å². The molecule has 0 radical (unpaired) electrons. The minimum atomic E-state index is -4.59. The van der Waals surface area contributed by atoms with Gasteiger partial charge in [0.2, 0.25) is 5.91 Å². The average molecular weight is 747 g/mol. The van der Waals surface area contributed by atoms with Crippen LogP contribution >= 0.6 is 23.2 Å². The molecule has 1 aromatic rings. The first-order chi connectivity index (χ1) is 19.6. The molecule has 2 aliphatic rings. The second kappa shape index (κ2) is 19.6. The third-order valence-corrected chi connectivity index (χ3v) is 10.6. The fourth-order valence-corrected chi connectivity index (χ4v) is 8.46. The van der Waals surface area contributed by atoms with E-state index in [0.29, 0.717) is 32.4 Å². The number of amides is 1. The van der Waals surface area contributed by atoms with Gasteiger partial charge in [-0.3, -0.25) is 4.79 Å². The number of aromatic nitrogens is 2. The number of hydrogen-bond acceptors (Lipinski definition) is 12. The average Bonchev–Trinajstić information content (AvgIpc) is 3.28. The quantitative estimate of drug-likeness (QED) is 0.0729. The van der Waals surface area contributed by atoms with Gasteiger partial charge in [0.15, 0.2) is 5.82 Å². The van der Waals surface area contributed by atoms with Gasteiger partial charge in [0, 0.05) is 18.7 Å². The number of nitriles is 1. The minimum absolute atomic E-state index is 0. The van der Waals surface area contributed by atoms with E-state index in [1.165, 1.54) is 17.8 Å². The molecule has 0 spiro atoms. The summed E-state index contributed by atoms with van der Waals surface area (Å²) in [5.74, 6) is -0.552. The smallest absolute Gasteiger partial charge is 0.748 e. The molecule has 1 N–H and O–H groups in total. The number of carbonyl (C=O) groups is 1. The van der Waals surface area contributed by atoms with Crippen molar-refractivity contribution in [3.8, 4) is 6.07 Å². The van der Waals surface area contributed by atoms with E-state index in [4.69, 9.17) is 23.2 Å². The number of hydrogen-bond donors (Lipinski definition) is 1. The van der Waals surface area contributed by atoms with Gasteiger partial charge in [-0.15, -0.1) is 28.3 Å². The fraction of sp³-hybridized carbons (Fsp3) is 0.792. The molecule has 2 saturated carbocycles. The normalized spacial score (nSPS) is 27.7. The number of rotatable bonds is 12. The SMILES string of the molecule is CCN(CCCCS(=O)(=O)[O-])C1CCC(N=Nc2c(C#N)cnn2C2C(Cl)CC(S(=O)(=O)[O-])CC2Cl)C(NC(C)=O)C1.[K+].[K+].